The highest BCUT2D eigenvalue weighted by Gasteiger charge is 2.21. The van der Waals surface area contributed by atoms with Gasteiger partial charge in [0.15, 0.2) is 0 Å². The van der Waals surface area contributed by atoms with Gasteiger partial charge in [0.1, 0.15) is 0 Å². The molecule has 1 fully saturated rings. The van der Waals surface area contributed by atoms with Crippen LogP contribution in [0.3, 0.4) is 0 Å². The number of carbonyl (C=O) groups excluding carboxylic acids is 1. The Kier molecular flexibility index (Phi) is 6.07. The van der Waals surface area contributed by atoms with E-state index in [1.165, 1.54) is 0 Å². The van der Waals surface area contributed by atoms with Crippen molar-refractivity contribution in [3.8, 4) is 0 Å². The second kappa shape index (κ2) is 9.29. The maximum atomic E-state index is 12.7. The quantitative estimate of drug-likeness (QED) is 0.621. The zero-order valence-corrected chi connectivity index (χ0v) is 19.0. The van der Waals surface area contributed by atoms with E-state index in [0.717, 1.165) is 66.4 Å². The first-order valence-corrected chi connectivity index (χ1v) is 11.4. The SMILES string of the molecule is C[C@H](NC(=O)c1ncc(C2=CCc3ncc(N4CCOCC4)cc32)cn1)c1ccccc1Cl. The number of benzene rings is 1. The van der Waals surface area contributed by atoms with E-state index in [1.807, 2.05) is 31.3 Å². The third kappa shape index (κ3) is 4.47. The lowest BCUT2D eigenvalue weighted by atomic mass is 10.0. The molecule has 0 saturated carbocycles. The van der Waals surface area contributed by atoms with Crippen LogP contribution in [0.2, 0.25) is 5.02 Å². The summed E-state index contributed by atoms with van der Waals surface area (Å²) in [5.74, 6) is -0.220. The molecule has 1 amide bonds. The Balaban J connectivity index is 1.31. The van der Waals surface area contributed by atoms with E-state index < -0.39 is 0 Å². The van der Waals surface area contributed by atoms with Crippen molar-refractivity contribution >= 4 is 28.8 Å². The molecule has 2 aliphatic rings. The van der Waals surface area contributed by atoms with Crippen LogP contribution in [0.25, 0.3) is 5.57 Å². The highest BCUT2D eigenvalue weighted by molar-refractivity contribution is 6.31. The molecule has 0 unspecified atom stereocenters. The first kappa shape index (κ1) is 21.6. The van der Waals surface area contributed by atoms with E-state index in [9.17, 15) is 4.79 Å². The van der Waals surface area contributed by atoms with E-state index in [0.29, 0.717) is 5.02 Å². The van der Waals surface area contributed by atoms with Crippen LogP contribution in [-0.4, -0.2) is 47.2 Å². The number of ether oxygens (including phenoxy) is 1. The fraction of sp³-hybridized carbons (Fsp3) is 0.280. The minimum atomic E-state index is -0.342. The fourth-order valence-electron chi connectivity index (χ4n) is 4.20. The molecule has 5 rings (SSSR count). The fourth-order valence-corrected chi connectivity index (χ4v) is 4.50. The standard InChI is InChI=1S/C25H24ClN5O2/c1-16(19-4-2-3-5-22(19)26)30-25(32)24-28-13-17(14-29-24)20-6-7-23-21(20)12-18(15-27-23)31-8-10-33-11-9-31/h2-6,12-16H,7-11H2,1H3,(H,30,32)/t16-/m0/s1. The normalized spacial score (nSPS) is 16.2. The van der Waals surface area contributed by atoms with Crippen LogP contribution in [-0.2, 0) is 11.2 Å². The van der Waals surface area contributed by atoms with Gasteiger partial charge in [0.25, 0.3) is 5.91 Å². The molecule has 1 N–H and O–H groups in total. The Hall–Kier alpha value is -3.29. The molecular formula is C25H24ClN5O2. The summed E-state index contributed by atoms with van der Waals surface area (Å²) >= 11 is 6.24. The van der Waals surface area contributed by atoms with E-state index >= 15 is 0 Å². The van der Waals surface area contributed by atoms with Crippen LogP contribution in [0.4, 0.5) is 5.69 Å². The maximum Gasteiger partial charge on any atom is 0.289 e. The molecule has 168 valence electrons. The monoisotopic (exact) mass is 461 g/mol. The zero-order valence-electron chi connectivity index (χ0n) is 18.3. The number of anilines is 1. The van der Waals surface area contributed by atoms with E-state index in [4.69, 9.17) is 16.3 Å². The summed E-state index contributed by atoms with van der Waals surface area (Å²) in [7, 11) is 0. The summed E-state index contributed by atoms with van der Waals surface area (Å²) < 4.78 is 5.46. The molecule has 1 aliphatic heterocycles. The van der Waals surface area contributed by atoms with Gasteiger partial charge < -0.3 is 15.0 Å². The first-order chi connectivity index (χ1) is 16.1. The Morgan fingerprint density at radius 2 is 1.88 bits per heavy atom. The van der Waals surface area contributed by atoms with Crippen LogP contribution in [0.1, 0.15) is 46.0 Å². The topological polar surface area (TPSA) is 80.2 Å². The average Bonchev–Trinajstić information content (AvgIpc) is 3.28. The summed E-state index contributed by atoms with van der Waals surface area (Å²) in [6.07, 6.45) is 8.24. The number of pyridine rings is 1. The van der Waals surface area contributed by atoms with Crippen LogP contribution < -0.4 is 10.2 Å². The van der Waals surface area contributed by atoms with Gasteiger partial charge >= 0.3 is 0 Å². The molecular weight excluding hydrogens is 438 g/mol. The number of hydrogen-bond donors (Lipinski definition) is 1. The minimum absolute atomic E-state index is 0.122. The van der Waals surface area contributed by atoms with Crippen LogP contribution in [0.5, 0.6) is 0 Å². The highest BCUT2D eigenvalue weighted by atomic mass is 35.5. The number of fused-ring (bicyclic) bond motifs is 1. The predicted octanol–water partition coefficient (Wildman–Crippen LogP) is 3.84. The Morgan fingerprint density at radius 3 is 2.64 bits per heavy atom. The van der Waals surface area contributed by atoms with Gasteiger partial charge in [0.05, 0.1) is 36.8 Å². The van der Waals surface area contributed by atoms with E-state index in [2.05, 4.69) is 37.3 Å². The molecule has 0 radical (unpaired) electrons. The van der Waals surface area contributed by atoms with Crippen LogP contribution in [0.15, 0.2) is 55.0 Å². The van der Waals surface area contributed by atoms with Gasteiger partial charge in [-0.15, -0.1) is 0 Å². The summed E-state index contributed by atoms with van der Waals surface area (Å²) in [5, 5.41) is 3.52. The number of nitrogens with one attached hydrogen (secondary N) is 1. The molecule has 8 heteroatoms. The lowest BCUT2D eigenvalue weighted by Gasteiger charge is -2.29. The summed E-state index contributed by atoms with van der Waals surface area (Å²) in [6, 6.07) is 9.36. The Morgan fingerprint density at radius 1 is 1.12 bits per heavy atom. The van der Waals surface area contributed by atoms with Crippen molar-refractivity contribution in [2.24, 2.45) is 0 Å². The van der Waals surface area contributed by atoms with Crippen molar-refractivity contribution in [1.82, 2.24) is 20.3 Å². The van der Waals surface area contributed by atoms with Crippen molar-refractivity contribution in [2.75, 3.05) is 31.2 Å². The molecule has 7 nitrogen and oxygen atoms in total. The van der Waals surface area contributed by atoms with Crippen molar-refractivity contribution in [3.63, 3.8) is 0 Å². The lowest BCUT2D eigenvalue weighted by molar-refractivity contribution is 0.0929. The first-order valence-electron chi connectivity index (χ1n) is 11.0. The summed E-state index contributed by atoms with van der Waals surface area (Å²) in [5.41, 5.74) is 5.98. The van der Waals surface area contributed by atoms with Gasteiger partial charge in [0.2, 0.25) is 5.82 Å². The maximum absolute atomic E-state index is 12.7. The highest BCUT2D eigenvalue weighted by Crippen LogP contribution is 2.33. The lowest BCUT2D eigenvalue weighted by Crippen LogP contribution is -2.36. The molecule has 1 saturated heterocycles. The van der Waals surface area contributed by atoms with Gasteiger partial charge in [-0.3, -0.25) is 9.78 Å². The van der Waals surface area contributed by atoms with E-state index in [1.54, 1.807) is 18.5 Å². The molecule has 1 aliphatic carbocycles. The molecule has 1 atom stereocenters. The summed E-state index contributed by atoms with van der Waals surface area (Å²) in [6.45, 7) is 5.06. The van der Waals surface area contributed by atoms with E-state index in [-0.39, 0.29) is 17.8 Å². The number of amides is 1. The molecule has 0 bridgehead atoms. The van der Waals surface area contributed by atoms with Gasteiger partial charge in [-0.05, 0) is 30.2 Å². The molecule has 0 spiro atoms. The van der Waals surface area contributed by atoms with Crippen molar-refractivity contribution in [3.05, 3.63) is 88.2 Å². The Bertz CT molecular complexity index is 1210. The largest absolute Gasteiger partial charge is 0.378 e. The Labute approximate surface area is 197 Å². The number of aromatic nitrogens is 3. The molecule has 3 aromatic rings. The van der Waals surface area contributed by atoms with Crippen molar-refractivity contribution in [1.29, 1.82) is 0 Å². The van der Waals surface area contributed by atoms with Gasteiger partial charge in [-0.2, -0.15) is 0 Å². The molecule has 33 heavy (non-hydrogen) atoms. The third-order valence-electron chi connectivity index (χ3n) is 6.01. The van der Waals surface area contributed by atoms with Crippen molar-refractivity contribution < 1.29 is 9.53 Å². The number of halogens is 1. The number of carbonyl (C=O) groups is 1. The second-order valence-corrected chi connectivity index (χ2v) is 8.53. The van der Waals surface area contributed by atoms with Crippen LogP contribution >= 0.6 is 11.6 Å². The minimum Gasteiger partial charge on any atom is -0.378 e. The molecule has 2 aromatic heterocycles. The second-order valence-electron chi connectivity index (χ2n) is 8.12. The van der Waals surface area contributed by atoms with Gasteiger partial charge in [-0.25, -0.2) is 9.97 Å². The summed E-state index contributed by atoms with van der Waals surface area (Å²) in [4.78, 5) is 28.3. The predicted molar refractivity (Wildman–Crippen MR) is 127 cm³/mol. The average molecular weight is 462 g/mol. The number of allylic oxidation sites excluding steroid dienone is 1. The smallest absolute Gasteiger partial charge is 0.289 e. The zero-order chi connectivity index (χ0) is 22.8. The van der Waals surface area contributed by atoms with Gasteiger partial charge in [-0.1, -0.05) is 35.9 Å². The number of morpholine rings is 1. The van der Waals surface area contributed by atoms with Crippen molar-refractivity contribution in [2.45, 2.75) is 19.4 Å². The third-order valence-corrected chi connectivity index (χ3v) is 6.35. The molecule has 1 aromatic carbocycles. The van der Waals surface area contributed by atoms with Gasteiger partial charge in [0, 0.05) is 48.1 Å². The number of hydrogen-bond acceptors (Lipinski definition) is 6. The number of nitrogens with zero attached hydrogens (tertiary/aromatic N) is 4. The molecule has 3 heterocycles. The van der Waals surface area contributed by atoms with Crippen LogP contribution in [0, 0.1) is 0 Å². The number of rotatable bonds is 5.